The molecule has 1 aliphatic heterocycles. The van der Waals surface area contributed by atoms with E-state index in [2.05, 4.69) is 5.32 Å². The van der Waals surface area contributed by atoms with Gasteiger partial charge in [0.2, 0.25) is 0 Å². The van der Waals surface area contributed by atoms with Crippen LogP contribution in [-0.2, 0) is 6.54 Å². The van der Waals surface area contributed by atoms with Gasteiger partial charge in [-0.05, 0) is 24.0 Å². The molecule has 0 radical (unpaired) electrons. The quantitative estimate of drug-likeness (QED) is 0.887. The van der Waals surface area contributed by atoms with E-state index in [0.717, 1.165) is 35.9 Å². The number of nitrogens with one attached hydrogen (secondary N) is 1. The number of benzene rings is 1. The van der Waals surface area contributed by atoms with Crippen LogP contribution in [0.4, 0.5) is 0 Å². The molecule has 0 amide bonds. The van der Waals surface area contributed by atoms with Crippen molar-refractivity contribution in [1.29, 1.82) is 0 Å². The van der Waals surface area contributed by atoms with Gasteiger partial charge in [0.05, 0.1) is 12.7 Å². The molecule has 1 unspecified atom stereocenters. The van der Waals surface area contributed by atoms with Gasteiger partial charge in [-0.3, -0.25) is 0 Å². The van der Waals surface area contributed by atoms with Gasteiger partial charge in [-0.1, -0.05) is 44.2 Å². The molecular weight excluding hydrogens is 250 g/mol. The molecule has 0 bridgehead atoms. The van der Waals surface area contributed by atoms with Crippen molar-refractivity contribution in [2.75, 3.05) is 13.2 Å². The first-order chi connectivity index (χ1) is 9.84. The summed E-state index contributed by atoms with van der Waals surface area (Å²) in [4.78, 5) is 0. The van der Waals surface area contributed by atoms with E-state index in [9.17, 15) is 5.11 Å². The first kappa shape index (κ1) is 13.9. The number of rotatable bonds is 4. The molecule has 0 aromatic heterocycles. The lowest BCUT2D eigenvalue weighted by molar-refractivity contribution is 0.163. The number of aliphatic hydroxyl groups is 1. The molecule has 3 rings (SSSR count). The van der Waals surface area contributed by atoms with Gasteiger partial charge in [-0.15, -0.1) is 0 Å². The largest absolute Gasteiger partial charge is 0.493 e. The molecular formula is C17H25NO2. The van der Waals surface area contributed by atoms with Crippen LogP contribution >= 0.6 is 0 Å². The average Bonchev–Trinajstić information content (AvgIpc) is 2.49. The molecule has 0 spiro atoms. The van der Waals surface area contributed by atoms with Crippen molar-refractivity contribution in [2.45, 2.75) is 51.2 Å². The van der Waals surface area contributed by atoms with Crippen molar-refractivity contribution in [3.8, 4) is 5.75 Å². The highest BCUT2D eigenvalue weighted by Crippen LogP contribution is 2.31. The van der Waals surface area contributed by atoms with Gasteiger partial charge in [-0.25, -0.2) is 0 Å². The topological polar surface area (TPSA) is 41.5 Å². The van der Waals surface area contributed by atoms with Crippen molar-refractivity contribution in [3.63, 3.8) is 0 Å². The van der Waals surface area contributed by atoms with E-state index >= 15 is 0 Å². The number of β-amino-alcohol motifs (C(OH)–C–C–N with tert-alkyl or cyclic N) is 1. The summed E-state index contributed by atoms with van der Waals surface area (Å²) in [6, 6.07) is 6.03. The highest BCUT2D eigenvalue weighted by atomic mass is 16.5. The Labute approximate surface area is 121 Å². The van der Waals surface area contributed by atoms with Crippen LogP contribution in [0.15, 0.2) is 18.2 Å². The summed E-state index contributed by atoms with van der Waals surface area (Å²) < 4.78 is 6.00. The van der Waals surface area contributed by atoms with Gasteiger partial charge in [0.1, 0.15) is 5.75 Å². The number of ether oxygens (including phenoxy) is 1. The Morgan fingerprint density at radius 3 is 2.90 bits per heavy atom. The Balaban J connectivity index is 1.58. The molecule has 3 nitrogen and oxygen atoms in total. The van der Waals surface area contributed by atoms with E-state index in [1.54, 1.807) is 0 Å². The predicted molar refractivity (Wildman–Crippen MR) is 79.8 cm³/mol. The molecule has 110 valence electrons. The molecule has 3 heteroatoms. The Morgan fingerprint density at radius 2 is 2.05 bits per heavy atom. The Hall–Kier alpha value is -1.06. The lowest BCUT2D eigenvalue weighted by Gasteiger charge is -2.25. The molecule has 1 fully saturated rings. The zero-order chi connectivity index (χ0) is 13.8. The lowest BCUT2D eigenvalue weighted by atomic mass is 9.87. The van der Waals surface area contributed by atoms with Gasteiger partial charge >= 0.3 is 0 Å². The van der Waals surface area contributed by atoms with Crippen molar-refractivity contribution < 1.29 is 9.84 Å². The van der Waals surface area contributed by atoms with E-state index < -0.39 is 6.10 Å². The minimum Gasteiger partial charge on any atom is -0.493 e. The summed E-state index contributed by atoms with van der Waals surface area (Å²) in [6.45, 7) is 2.24. The second kappa shape index (κ2) is 6.59. The number of hydrogen-bond acceptors (Lipinski definition) is 3. The van der Waals surface area contributed by atoms with Gasteiger partial charge in [-0.2, -0.15) is 0 Å². The maximum absolute atomic E-state index is 10.00. The summed E-state index contributed by atoms with van der Waals surface area (Å²) in [5, 5.41) is 13.2. The monoisotopic (exact) mass is 275 g/mol. The fourth-order valence-corrected chi connectivity index (χ4v) is 3.47. The Morgan fingerprint density at radius 1 is 1.20 bits per heavy atom. The maximum atomic E-state index is 10.00. The van der Waals surface area contributed by atoms with Crippen molar-refractivity contribution in [2.24, 2.45) is 5.92 Å². The van der Waals surface area contributed by atoms with Crippen molar-refractivity contribution >= 4 is 0 Å². The van der Waals surface area contributed by atoms with E-state index in [4.69, 9.17) is 4.74 Å². The number of fused-ring (bicyclic) bond motifs is 1. The van der Waals surface area contributed by atoms with Crippen LogP contribution in [0.2, 0.25) is 0 Å². The Bertz CT molecular complexity index is 441. The van der Waals surface area contributed by atoms with Gasteiger partial charge in [0.25, 0.3) is 0 Å². The standard InChI is InChI=1S/C17H25NO2/c19-16-12-18-11-15-14(16)7-4-8-17(15)20-10-9-13-5-2-1-3-6-13/h4,7-8,13,16,18-19H,1-3,5-6,9-12H2. The van der Waals surface area contributed by atoms with Gasteiger partial charge in [0.15, 0.2) is 0 Å². The fraction of sp³-hybridized carbons (Fsp3) is 0.647. The zero-order valence-corrected chi connectivity index (χ0v) is 12.1. The molecule has 1 aromatic carbocycles. The summed E-state index contributed by atoms with van der Waals surface area (Å²) in [5.74, 6) is 1.80. The second-order valence-corrected chi connectivity index (χ2v) is 6.11. The molecule has 2 N–H and O–H groups in total. The summed E-state index contributed by atoms with van der Waals surface area (Å²) in [7, 11) is 0. The molecule has 1 heterocycles. The second-order valence-electron chi connectivity index (χ2n) is 6.11. The van der Waals surface area contributed by atoms with Crippen LogP contribution in [-0.4, -0.2) is 18.3 Å². The summed E-state index contributed by atoms with van der Waals surface area (Å²) >= 11 is 0. The van der Waals surface area contributed by atoms with Crippen LogP contribution in [0.25, 0.3) is 0 Å². The number of hydrogen-bond donors (Lipinski definition) is 2. The van der Waals surface area contributed by atoms with E-state index in [1.165, 1.54) is 38.5 Å². The number of aliphatic hydroxyl groups excluding tert-OH is 1. The predicted octanol–water partition coefficient (Wildman–Crippen LogP) is 3.17. The molecule has 1 atom stereocenters. The van der Waals surface area contributed by atoms with E-state index in [-0.39, 0.29) is 0 Å². The average molecular weight is 275 g/mol. The van der Waals surface area contributed by atoms with Crippen LogP contribution in [0.1, 0.15) is 55.8 Å². The first-order valence-corrected chi connectivity index (χ1v) is 7.98. The molecule has 1 saturated carbocycles. The van der Waals surface area contributed by atoms with Gasteiger partial charge < -0.3 is 15.2 Å². The maximum Gasteiger partial charge on any atom is 0.124 e. The third-order valence-corrected chi connectivity index (χ3v) is 4.68. The minimum atomic E-state index is -0.402. The van der Waals surface area contributed by atoms with Crippen LogP contribution in [0.5, 0.6) is 5.75 Å². The van der Waals surface area contributed by atoms with Crippen LogP contribution in [0, 0.1) is 5.92 Å². The smallest absolute Gasteiger partial charge is 0.124 e. The van der Waals surface area contributed by atoms with Crippen molar-refractivity contribution in [1.82, 2.24) is 5.32 Å². The van der Waals surface area contributed by atoms with E-state index in [1.807, 2.05) is 18.2 Å². The SMILES string of the molecule is OC1CNCc2c(OCCC3CCCCC3)cccc21. The fourth-order valence-electron chi connectivity index (χ4n) is 3.47. The zero-order valence-electron chi connectivity index (χ0n) is 12.1. The molecule has 0 saturated heterocycles. The first-order valence-electron chi connectivity index (χ1n) is 7.98. The van der Waals surface area contributed by atoms with E-state index in [0.29, 0.717) is 6.54 Å². The molecule has 1 aliphatic carbocycles. The highest BCUT2D eigenvalue weighted by Gasteiger charge is 2.20. The normalized spacial score (nSPS) is 23.4. The third-order valence-electron chi connectivity index (χ3n) is 4.68. The van der Waals surface area contributed by atoms with Gasteiger partial charge in [0, 0.05) is 18.7 Å². The minimum absolute atomic E-state index is 0.402. The molecule has 20 heavy (non-hydrogen) atoms. The van der Waals surface area contributed by atoms with Crippen LogP contribution in [0.3, 0.4) is 0 Å². The summed E-state index contributed by atoms with van der Waals surface area (Å²) in [5.41, 5.74) is 2.16. The third kappa shape index (κ3) is 3.15. The highest BCUT2D eigenvalue weighted by molar-refractivity contribution is 5.42. The Kier molecular flexibility index (Phi) is 4.58. The molecule has 1 aromatic rings. The lowest BCUT2D eigenvalue weighted by Crippen LogP contribution is -2.28. The van der Waals surface area contributed by atoms with Crippen LogP contribution < -0.4 is 10.1 Å². The summed E-state index contributed by atoms with van der Waals surface area (Å²) in [6.07, 6.45) is 7.70. The van der Waals surface area contributed by atoms with Crippen molar-refractivity contribution in [3.05, 3.63) is 29.3 Å². The molecule has 2 aliphatic rings.